The molecule has 0 aliphatic heterocycles. The lowest BCUT2D eigenvalue weighted by Crippen LogP contribution is -2.19. The van der Waals surface area contributed by atoms with Crippen molar-refractivity contribution in [3.8, 4) is 0 Å². The average molecular weight is 435 g/mol. The Bertz CT molecular complexity index is 836. The summed E-state index contributed by atoms with van der Waals surface area (Å²) in [6, 6.07) is 16.2. The van der Waals surface area contributed by atoms with Gasteiger partial charge in [0.1, 0.15) is 0 Å². The second kappa shape index (κ2) is 13.2. The fourth-order valence-electron chi connectivity index (χ4n) is 2.97. The lowest BCUT2D eigenvalue weighted by Gasteiger charge is -2.04. The number of nitrogens with zero attached hydrogens (tertiary/aromatic N) is 2. The van der Waals surface area contributed by atoms with Gasteiger partial charge in [-0.25, -0.2) is 10.9 Å². The first-order valence-electron chi connectivity index (χ1n) is 11.2. The van der Waals surface area contributed by atoms with E-state index in [-0.39, 0.29) is 11.8 Å². The zero-order chi connectivity index (χ0) is 23.3. The molecule has 0 bridgehead atoms. The molecule has 0 aromatic heterocycles. The highest BCUT2D eigenvalue weighted by atomic mass is 16.2. The number of rotatable bonds is 11. The van der Waals surface area contributed by atoms with Crippen molar-refractivity contribution in [2.24, 2.45) is 10.2 Å². The summed E-state index contributed by atoms with van der Waals surface area (Å²) < 4.78 is 0. The van der Waals surface area contributed by atoms with Crippen molar-refractivity contribution in [2.45, 2.75) is 65.2 Å². The average Bonchev–Trinajstić information content (AvgIpc) is 2.77. The van der Waals surface area contributed by atoms with Gasteiger partial charge in [-0.2, -0.15) is 10.2 Å². The lowest BCUT2D eigenvalue weighted by atomic mass is 10.0. The van der Waals surface area contributed by atoms with Gasteiger partial charge in [0.2, 0.25) is 11.8 Å². The molecule has 0 aliphatic carbocycles. The van der Waals surface area contributed by atoms with Crippen LogP contribution < -0.4 is 10.9 Å². The summed E-state index contributed by atoms with van der Waals surface area (Å²) in [5.74, 6) is 0.639. The monoisotopic (exact) mass is 434 g/mol. The molecule has 2 rings (SSSR count). The molecule has 2 N–H and O–H groups in total. The highest BCUT2D eigenvalue weighted by Crippen LogP contribution is 2.14. The number of hydrogen-bond acceptors (Lipinski definition) is 4. The number of benzene rings is 2. The Morgan fingerprint density at radius 2 is 1.03 bits per heavy atom. The molecule has 0 fully saturated rings. The molecule has 0 saturated heterocycles. The maximum atomic E-state index is 11.9. The van der Waals surface area contributed by atoms with E-state index in [9.17, 15) is 9.59 Å². The fraction of sp³-hybridized carbons (Fsp3) is 0.385. The van der Waals surface area contributed by atoms with Crippen LogP contribution >= 0.6 is 0 Å². The van der Waals surface area contributed by atoms with Gasteiger partial charge in [0.05, 0.1) is 12.4 Å². The van der Waals surface area contributed by atoms with E-state index in [2.05, 4.69) is 73.0 Å². The molecule has 6 nitrogen and oxygen atoms in total. The van der Waals surface area contributed by atoms with Crippen molar-refractivity contribution in [3.63, 3.8) is 0 Å². The van der Waals surface area contributed by atoms with Crippen LogP contribution in [-0.4, -0.2) is 24.2 Å². The molecule has 0 unspecified atom stereocenters. The summed E-state index contributed by atoms with van der Waals surface area (Å²) >= 11 is 0. The Morgan fingerprint density at radius 1 is 0.688 bits per heavy atom. The van der Waals surface area contributed by atoms with E-state index in [1.54, 1.807) is 12.4 Å². The molecular weight excluding hydrogens is 400 g/mol. The molecule has 2 aromatic carbocycles. The third-order valence-corrected chi connectivity index (χ3v) is 5.07. The van der Waals surface area contributed by atoms with Gasteiger partial charge >= 0.3 is 0 Å². The summed E-state index contributed by atoms with van der Waals surface area (Å²) in [4.78, 5) is 23.7. The van der Waals surface area contributed by atoms with E-state index in [1.807, 2.05) is 24.3 Å². The molecule has 170 valence electrons. The maximum Gasteiger partial charge on any atom is 0.240 e. The third kappa shape index (κ3) is 9.25. The second-order valence-electron chi connectivity index (χ2n) is 8.44. The van der Waals surface area contributed by atoms with Crippen LogP contribution in [-0.2, 0) is 9.59 Å². The van der Waals surface area contributed by atoms with E-state index in [0.29, 0.717) is 37.5 Å². The van der Waals surface area contributed by atoms with Gasteiger partial charge in [-0.05, 0) is 46.9 Å². The van der Waals surface area contributed by atoms with Gasteiger partial charge in [-0.1, -0.05) is 76.2 Å². The van der Waals surface area contributed by atoms with Gasteiger partial charge in [-0.15, -0.1) is 0 Å². The predicted octanol–water partition coefficient (Wildman–Crippen LogP) is 5.09. The molecule has 2 amide bonds. The van der Waals surface area contributed by atoms with Crippen LogP contribution in [0, 0.1) is 0 Å². The minimum atomic E-state index is -0.164. The Morgan fingerprint density at radius 3 is 1.34 bits per heavy atom. The highest BCUT2D eigenvalue weighted by molar-refractivity contribution is 5.83. The maximum absolute atomic E-state index is 11.9. The summed E-state index contributed by atoms with van der Waals surface area (Å²) in [5.41, 5.74) is 9.45. The molecule has 0 heterocycles. The minimum Gasteiger partial charge on any atom is -0.273 e. The topological polar surface area (TPSA) is 82.9 Å². The largest absolute Gasteiger partial charge is 0.273 e. The van der Waals surface area contributed by atoms with Crippen LogP contribution in [0.2, 0.25) is 0 Å². The standard InChI is InChI=1S/C26H34N4O2/c1-19(2)23-13-9-21(10-14-23)17-27-29-25(31)7-5-6-8-26(32)30-28-18-22-11-15-24(16-12-22)20(3)4/h9-20H,5-8H2,1-4H3,(H,29,31)(H,30,32)/b27-17-,28-18-. The second-order valence-corrected chi connectivity index (χ2v) is 8.44. The molecule has 0 radical (unpaired) electrons. The number of hydrazone groups is 2. The van der Waals surface area contributed by atoms with Crippen molar-refractivity contribution in [2.75, 3.05) is 0 Å². The quantitative estimate of drug-likeness (QED) is 0.293. The van der Waals surface area contributed by atoms with E-state index >= 15 is 0 Å². The summed E-state index contributed by atoms with van der Waals surface area (Å²) in [6.07, 6.45) is 5.12. The summed E-state index contributed by atoms with van der Waals surface area (Å²) in [5, 5.41) is 7.98. The summed E-state index contributed by atoms with van der Waals surface area (Å²) in [6.45, 7) is 8.58. The fourth-order valence-corrected chi connectivity index (χ4v) is 2.97. The Hall–Kier alpha value is -3.28. The van der Waals surface area contributed by atoms with Crippen LogP contribution in [0.15, 0.2) is 58.7 Å². The molecule has 0 saturated carbocycles. The van der Waals surface area contributed by atoms with Crippen LogP contribution in [0.3, 0.4) is 0 Å². The lowest BCUT2D eigenvalue weighted by molar-refractivity contribution is -0.123. The number of carbonyl (C=O) groups excluding carboxylic acids is 2. The van der Waals surface area contributed by atoms with E-state index < -0.39 is 0 Å². The van der Waals surface area contributed by atoms with Crippen LogP contribution in [0.25, 0.3) is 0 Å². The van der Waals surface area contributed by atoms with Gasteiger partial charge in [-0.3, -0.25) is 9.59 Å². The zero-order valence-corrected chi connectivity index (χ0v) is 19.5. The van der Waals surface area contributed by atoms with Crippen LogP contribution in [0.4, 0.5) is 0 Å². The number of unbranched alkanes of at least 4 members (excludes halogenated alkanes) is 1. The number of amides is 2. The van der Waals surface area contributed by atoms with Gasteiger partial charge in [0.25, 0.3) is 0 Å². The van der Waals surface area contributed by atoms with Crippen molar-refractivity contribution >= 4 is 24.2 Å². The Balaban J connectivity index is 1.59. The zero-order valence-electron chi connectivity index (χ0n) is 19.5. The molecule has 32 heavy (non-hydrogen) atoms. The molecular formula is C26H34N4O2. The first-order chi connectivity index (χ1) is 15.3. The van der Waals surface area contributed by atoms with E-state index in [0.717, 1.165) is 11.1 Å². The first-order valence-corrected chi connectivity index (χ1v) is 11.2. The van der Waals surface area contributed by atoms with Gasteiger partial charge < -0.3 is 0 Å². The third-order valence-electron chi connectivity index (χ3n) is 5.07. The highest BCUT2D eigenvalue weighted by Gasteiger charge is 2.03. The first kappa shape index (κ1) is 25.0. The SMILES string of the molecule is CC(C)c1ccc(/C=N\NC(=O)CCCCC(=O)N/N=C\c2ccc(C(C)C)cc2)cc1. The normalized spacial score (nSPS) is 11.6. The van der Waals surface area contributed by atoms with Crippen LogP contribution in [0.5, 0.6) is 0 Å². The predicted molar refractivity (Wildman–Crippen MR) is 131 cm³/mol. The van der Waals surface area contributed by atoms with E-state index in [1.165, 1.54) is 11.1 Å². The smallest absolute Gasteiger partial charge is 0.240 e. The van der Waals surface area contributed by atoms with Crippen molar-refractivity contribution in [1.82, 2.24) is 10.9 Å². The number of hydrogen-bond donors (Lipinski definition) is 2. The van der Waals surface area contributed by atoms with Crippen molar-refractivity contribution in [1.29, 1.82) is 0 Å². The molecule has 2 aromatic rings. The number of nitrogens with one attached hydrogen (secondary N) is 2. The minimum absolute atomic E-state index is 0.164. The molecule has 0 atom stereocenters. The van der Waals surface area contributed by atoms with Crippen molar-refractivity contribution in [3.05, 3.63) is 70.8 Å². The van der Waals surface area contributed by atoms with Crippen LogP contribution in [0.1, 0.15) is 87.5 Å². The van der Waals surface area contributed by atoms with Gasteiger partial charge in [0.15, 0.2) is 0 Å². The van der Waals surface area contributed by atoms with Gasteiger partial charge in [0, 0.05) is 12.8 Å². The number of carbonyl (C=O) groups is 2. The van der Waals surface area contributed by atoms with E-state index in [4.69, 9.17) is 0 Å². The molecule has 6 heteroatoms. The molecule has 0 aliphatic rings. The summed E-state index contributed by atoms with van der Waals surface area (Å²) in [7, 11) is 0. The Kier molecular flexibility index (Phi) is 10.3. The Labute approximate surface area is 191 Å². The molecule has 0 spiro atoms. The van der Waals surface area contributed by atoms with Crippen molar-refractivity contribution < 1.29 is 9.59 Å².